The molecule has 0 bridgehead atoms. The molecule has 1 aliphatic carbocycles. The van der Waals surface area contributed by atoms with Gasteiger partial charge in [0.1, 0.15) is 5.75 Å². The average Bonchev–Trinajstić information content (AvgIpc) is 2.54. The van der Waals surface area contributed by atoms with E-state index in [1.54, 1.807) is 0 Å². The number of ether oxygens (including phenoxy) is 1. The molecular formula is C17H25NO4. The highest BCUT2D eigenvalue weighted by Crippen LogP contribution is 2.26. The smallest absolute Gasteiger partial charge is 0.404 e. The third-order valence-corrected chi connectivity index (χ3v) is 4.15. The number of aliphatic hydroxyl groups excluding tert-OH is 1. The second-order valence-electron chi connectivity index (χ2n) is 5.92. The lowest BCUT2D eigenvalue weighted by atomic mass is 9.90. The van der Waals surface area contributed by atoms with Gasteiger partial charge in [-0.3, -0.25) is 0 Å². The molecule has 122 valence electrons. The first kappa shape index (κ1) is 16.6. The molecule has 0 spiro atoms. The highest BCUT2D eigenvalue weighted by molar-refractivity contribution is 5.64. The zero-order valence-corrected chi connectivity index (χ0v) is 12.8. The first-order valence-corrected chi connectivity index (χ1v) is 8.03. The van der Waals surface area contributed by atoms with E-state index >= 15 is 0 Å². The van der Waals surface area contributed by atoms with Crippen LogP contribution in [-0.4, -0.2) is 29.5 Å². The molecule has 0 saturated heterocycles. The maximum atomic E-state index is 10.4. The Labute approximate surface area is 131 Å². The van der Waals surface area contributed by atoms with Crippen LogP contribution in [0.1, 0.15) is 50.2 Å². The van der Waals surface area contributed by atoms with Gasteiger partial charge in [-0.1, -0.05) is 31.4 Å². The molecule has 5 heteroatoms. The van der Waals surface area contributed by atoms with Crippen LogP contribution in [0.2, 0.25) is 0 Å². The zero-order chi connectivity index (χ0) is 15.8. The second-order valence-corrected chi connectivity index (χ2v) is 5.92. The quantitative estimate of drug-likeness (QED) is 0.722. The summed E-state index contributed by atoms with van der Waals surface area (Å²) in [5.74, 6) is 1.41. The third-order valence-electron chi connectivity index (χ3n) is 4.15. The van der Waals surface area contributed by atoms with Crippen LogP contribution in [0.5, 0.6) is 5.75 Å². The zero-order valence-electron chi connectivity index (χ0n) is 12.8. The van der Waals surface area contributed by atoms with Crippen LogP contribution in [-0.2, 0) is 0 Å². The lowest BCUT2D eigenvalue weighted by molar-refractivity contribution is 0.161. The van der Waals surface area contributed by atoms with Gasteiger partial charge in [-0.2, -0.15) is 0 Å². The fourth-order valence-electron chi connectivity index (χ4n) is 2.86. The Morgan fingerprint density at radius 3 is 2.82 bits per heavy atom. The maximum absolute atomic E-state index is 10.4. The minimum absolute atomic E-state index is 0.226. The topological polar surface area (TPSA) is 78.8 Å². The van der Waals surface area contributed by atoms with E-state index in [-0.39, 0.29) is 6.54 Å². The van der Waals surface area contributed by atoms with Crippen molar-refractivity contribution in [2.45, 2.75) is 44.6 Å². The van der Waals surface area contributed by atoms with Gasteiger partial charge in [-0.15, -0.1) is 0 Å². The molecule has 1 amide bonds. The number of carbonyl (C=O) groups is 1. The number of carboxylic acid groups (broad SMARTS) is 1. The molecule has 22 heavy (non-hydrogen) atoms. The van der Waals surface area contributed by atoms with Crippen LogP contribution in [0.3, 0.4) is 0 Å². The summed E-state index contributed by atoms with van der Waals surface area (Å²) in [4.78, 5) is 10.4. The van der Waals surface area contributed by atoms with E-state index in [1.165, 1.54) is 32.1 Å². The number of aliphatic hydroxyl groups is 1. The molecule has 0 heterocycles. The summed E-state index contributed by atoms with van der Waals surface area (Å²) < 4.78 is 5.86. The number of rotatable bonds is 7. The number of hydrogen-bond donors (Lipinski definition) is 3. The van der Waals surface area contributed by atoms with Crippen molar-refractivity contribution in [3.05, 3.63) is 29.8 Å². The van der Waals surface area contributed by atoms with E-state index in [1.807, 2.05) is 24.3 Å². The van der Waals surface area contributed by atoms with E-state index in [2.05, 4.69) is 5.32 Å². The summed E-state index contributed by atoms with van der Waals surface area (Å²) in [6.45, 7) is 0.962. The van der Waals surface area contributed by atoms with Crippen molar-refractivity contribution in [1.82, 2.24) is 5.32 Å². The van der Waals surface area contributed by atoms with E-state index in [4.69, 9.17) is 9.84 Å². The van der Waals surface area contributed by atoms with Crippen LogP contribution in [0.15, 0.2) is 24.3 Å². The highest BCUT2D eigenvalue weighted by Gasteiger charge is 2.14. The van der Waals surface area contributed by atoms with Crippen LogP contribution < -0.4 is 10.1 Å². The number of amides is 1. The molecule has 0 aliphatic heterocycles. The van der Waals surface area contributed by atoms with Crippen LogP contribution >= 0.6 is 0 Å². The fourth-order valence-corrected chi connectivity index (χ4v) is 2.86. The predicted octanol–water partition coefficient (Wildman–Crippen LogP) is 3.34. The standard InChI is InChI=1S/C17H25NO4/c19-16(9-10-18-17(20)21)14-7-4-8-15(11-14)22-12-13-5-2-1-3-6-13/h4,7-8,11,13,16,18-19H,1-3,5-6,9-10,12H2,(H,20,21). The summed E-state index contributed by atoms with van der Waals surface area (Å²) >= 11 is 0. The minimum atomic E-state index is -1.07. The molecule has 1 aliphatic rings. The van der Waals surface area contributed by atoms with Gasteiger partial charge in [0.25, 0.3) is 0 Å². The van der Waals surface area contributed by atoms with E-state index in [0.29, 0.717) is 12.3 Å². The molecule has 5 nitrogen and oxygen atoms in total. The van der Waals surface area contributed by atoms with Gasteiger partial charge in [0, 0.05) is 6.54 Å². The molecule has 3 N–H and O–H groups in total. The van der Waals surface area contributed by atoms with Crippen LogP contribution in [0.25, 0.3) is 0 Å². The average molecular weight is 307 g/mol. The van der Waals surface area contributed by atoms with Crippen molar-refractivity contribution in [1.29, 1.82) is 0 Å². The number of nitrogens with one attached hydrogen (secondary N) is 1. The summed E-state index contributed by atoms with van der Waals surface area (Å²) in [5, 5.41) is 20.9. The van der Waals surface area contributed by atoms with Crippen molar-refractivity contribution in [2.24, 2.45) is 5.92 Å². The van der Waals surface area contributed by atoms with Gasteiger partial charge < -0.3 is 20.3 Å². The Bertz CT molecular complexity index is 471. The highest BCUT2D eigenvalue weighted by atomic mass is 16.5. The van der Waals surface area contributed by atoms with Crippen molar-refractivity contribution in [3.63, 3.8) is 0 Å². The summed E-state index contributed by atoms with van der Waals surface area (Å²) in [7, 11) is 0. The third kappa shape index (κ3) is 5.56. The minimum Gasteiger partial charge on any atom is -0.493 e. The first-order chi connectivity index (χ1) is 10.6. The van der Waals surface area contributed by atoms with E-state index < -0.39 is 12.2 Å². The normalized spacial score (nSPS) is 17.0. The summed E-state index contributed by atoms with van der Waals surface area (Å²) in [6, 6.07) is 7.43. The molecular weight excluding hydrogens is 282 g/mol. The predicted molar refractivity (Wildman–Crippen MR) is 84.1 cm³/mol. The van der Waals surface area contributed by atoms with Crippen LogP contribution in [0, 0.1) is 5.92 Å². The monoisotopic (exact) mass is 307 g/mol. The molecule has 1 aromatic rings. The molecule has 2 rings (SSSR count). The molecule has 1 saturated carbocycles. The summed E-state index contributed by atoms with van der Waals surface area (Å²) in [6.07, 6.45) is 4.99. The Balaban J connectivity index is 1.81. The maximum Gasteiger partial charge on any atom is 0.404 e. The number of benzene rings is 1. The molecule has 1 aromatic carbocycles. The first-order valence-electron chi connectivity index (χ1n) is 8.03. The van der Waals surface area contributed by atoms with Crippen molar-refractivity contribution < 1.29 is 19.7 Å². The molecule has 0 radical (unpaired) electrons. The molecule has 1 fully saturated rings. The van der Waals surface area contributed by atoms with Gasteiger partial charge in [0.15, 0.2) is 0 Å². The second kappa shape index (κ2) is 8.63. The largest absolute Gasteiger partial charge is 0.493 e. The van der Waals surface area contributed by atoms with Crippen molar-refractivity contribution in [2.75, 3.05) is 13.2 Å². The lowest BCUT2D eigenvalue weighted by Gasteiger charge is -2.22. The lowest BCUT2D eigenvalue weighted by Crippen LogP contribution is -2.23. The van der Waals surface area contributed by atoms with Gasteiger partial charge >= 0.3 is 6.09 Å². The Hall–Kier alpha value is -1.75. The van der Waals surface area contributed by atoms with Gasteiger partial charge in [-0.05, 0) is 42.9 Å². The van der Waals surface area contributed by atoms with Crippen molar-refractivity contribution >= 4 is 6.09 Å². The Morgan fingerprint density at radius 2 is 2.09 bits per heavy atom. The van der Waals surface area contributed by atoms with Gasteiger partial charge in [0.05, 0.1) is 12.7 Å². The van der Waals surface area contributed by atoms with Crippen molar-refractivity contribution in [3.8, 4) is 5.75 Å². The van der Waals surface area contributed by atoms with E-state index in [9.17, 15) is 9.90 Å². The molecule has 0 aromatic heterocycles. The summed E-state index contributed by atoms with van der Waals surface area (Å²) in [5.41, 5.74) is 0.758. The Kier molecular flexibility index (Phi) is 6.52. The van der Waals surface area contributed by atoms with E-state index in [0.717, 1.165) is 17.9 Å². The van der Waals surface area contributed by atoms with Gasteiger partial charge in [0.2, 0.25) is 0 Å². The number of hydrogen-bond acceptors (Lipinski definition) is 3. The molecule has 1 atom stereocenters. The molecule has 1 unspecified atom stereocenters. The van der Waals surface area contributed by atoms with Crippen LogP contribution in [0.4, 0.5) is 4.79 Å². The Morgan fingerprint density at radius 1 is 1.32 bits per heavy atom. The SMILES string of the molecule is O=C(O)NCCC(O)c1cccc(OCC2CCCCC2)c1. The van der Waals surface area contributed by atoms with Gasteiger partial charge in [-0.25, -0.2) is 4.79 Å². The fraction of sp³-hybridized carbons (Fsp3) is 0.588.